The van der Waals surface area contributed by atoms with Crippen LogP contribution in [0.5, 0.6) is 0 Å². The zero-order chi connectivity index (χ0) is 20.4. The van der Waals surface area contributed by atoms with Crippen molar-refractivity contribution < 1.29 is 9.53 Å². The molecule has 1 atom stereocenters. The normalized spacial score (nSPS) is 19.8. The van der Waals surface area contributed by atoms with E-state index in [4.69, 9.17) is 9.72 Å². The fourth-order valence-electron chi connectivity index (χ4n) is 3.97. The molecular weight excluding hydrogens is 368 g/mol. The highest BCUT2D eigenvalue weighted by Gasteiger charge is 2.34. The summed E-state index contributed by atoms with van der Waals surface area (Å²) in [6, 6.07) is 0.202. The molecule has 0 aromatic carbocycles. The molecular formula is C21H28N6O2. The maximum atomic E-state index is 12.5. The van der Waals surface area contributed by atoms with Gasteiger partial charge in [0, 0.05) is 62.8 Å². The Hall–Kier alpha value is -2.61. The average molecular weight is 396 g/mol. The lowest BCUT2D eigenvalue weighted by molar-refractivity contribution is 0.0192. The molecule has 4 heterocycles. The second-order valence-electron chi connectivity index (χ2n) is 8.75. The molecule has 1 fully saturated rings. The van der Waals surface area contributed by atoms with Gasteiger partial charge in [0.1, 0.15) is 11.9 Å². The van der Waals surface area contributed by atoms with Gasteiger partial charge >= 0.3 is 6.09 Å². The lowest BCUT2D eigenvalue weighted by atomic mass is 10.1. The third-order valence-corrected chi connectivity index (χ3v) is 5.31. The summed E-state index contributed by atoms with van der Waals surface area (Å²) in [5.41, 5.74) is 2.61. The summed E-state index contributed by atoms with van der Waals surface area (Å²) in [6.45, 7) is 9.09. The van der Waals surface area contributed by atoms with Crippen molar-refractivity contribution >= 4 is 6.09 Å². The molecule has 0 saturated carbocycles. The van der Waals surface area contributed by atoms with Crippen LogP contribution in [0.4, 0.5) is 4.79 Å². The Morgan fingerprint density at radius 1 is 1.21 bits per heavy atom. The number of nitrogens with zero attached hydrogens (tertiary/aromatic N) is 6. The monoisotopic (exact) mass is 396 g/mol. The van der Waals surface area contributed by atoms with Gasteiger partial charge in [-0.3, -0.25) is 4.90 Å². The van der Waals surface area contributed by atoms with Gasteiger partial charge in [-0.05, 0) is 33.6 Å². The van der Waals surface area contributed by atoms with E-state index >= 15 is 0 Å². The van der Waals surface area contributed by atoms with Crippen LogP contribution in [-0.2, 0) is 17.7 Å². The smallest absolute Gasteiger partial charge is 0.410 e. The van der Waals surface area contributed by atoms with Crippen LogP contribution in [0.15, 0.2) is 24.9 Å². The maximum absolute atomic E-state index is 12.5. The Balaban J connectivity index is 1.40. The number of ether oxygens (including phenoxy) is 1. The van der Waals surface area contributed by atoms with E-state index in [0.717, 1.165) is 62.3 Å². The number of likely N-dealkylation sites (tertiary alicyclic amines) is 1. The summed E-state index contributed by atoms with van der Waals surface area (Å²) in [4.78, 5) is 34.2. The zero-order valence-corrected chi connectivity index (χ0v) is 17.3. The molecule has 1 saturated heterocycles. The summed E-state index contributed by atoms with van der Waals surface area (Å²) in [5, 5.41) is 0. The van der Waals surface area contributed by atoms with E-state index in [1.807, 2.05) is 31.9 Å². The van der Waals surface area contributed by atoms with Crippen LogP contribution in [0.2, 0.25) is 0 Å². The van der Waals surface area contributed by atoms with E-state index < -0.39 is 5.60 Å². The number of carbonyl (C=O) groups excluding carboxylic acids is 1. The number of fused-ring (bicyclic) bond motifs is 1. The average Bonchev–Trinajstić information content (AvgIpc) is 3.15. The molecule has 1 amide bonds. The van der Waals surface area contributed by atoms with Crippen LogP contribution in [0.3, 0.4) is 0 Å². The predicted octanol–water partition coefficient (Wildman–Crippen LogP) is 2.69. The Labute approximate surface area is 171 Å². The van der Waals surface area contributed by atoms with E-state index in [1.165, 1.54) is 6.33 Å². The van der Waals surface area contributed by atoms with E-state index in [2.05, 4.69) is 19.9 Å². The summed E-state index contributed by atoms with van der Waals surface area (Å²) in [6.07, 6.45) is 9.60. The van der Waals surface area contributed by atoms with Crippen LogP contribution in [0.1, 0.15) is 44.9 Å². The highest BCUT2D eigenvalue weighted by molar-refractivity contribution is 5.69. The Morgan fingerprint density at radius 3 is 2.76 bits per heavy atom. The Morgan fingerprint density at radius 2 is 2.00 bits per heavy atom. The molecule has 0 bridgehead atoms. The van der Waals surface area contributed by atoms with Gasteiger partial charge in [-0.2, -0.15) is 0 Å². The molecule has 4 rings (SSSR count). The standard InChI is InChI=1S/C21H28N6O2/c1-21(2,3)29-20(28)27-7-4-5-17(27)13-26-8-6-18-16(12-26)11-24-19(25-18)15-9-22-14-23-10-15/h9-11,14,17H,4-8,12-13H2,1-3H3. The van der Waals surface area contributed by atoms with Crippen LogP contribution < -0.4 is 0 Å². The third-order valence-electron chi connectivity index (χ3n) is 5.31. The van der Waals surface area contributed by atoms with Gasteiger partial charge in [0.25, 0.3) is 0 Å². The fraction of sp³-hybridized carbons (Fsp3) is 0.571. The maximum Gasteiger partial charge on any atom is 0.410 e. The largest absolute Gasteiger partial charge is 0.444 e. The van der Waals surface area contributed by atoms with E-state index in [9.17, 15) is 4.79 Å². The van der Waals surface area contributed by atoms with Crippen LogP contribution in [0, 0.1) is 0 Å². The topological polar surface area (TPSA) is 84.3 Å². The third kappa shape index (κ3) is 4.70. The number of aromatic nitrogens is 4. The molecule has 29 heavy (non-hydrogen) atoms. The van der Waals surface area contributed by atoms with Gasteiger partial charge in [0.15, 0.2) is 5.82 Å². The molecule has 8 heteroatoms. The second kappa shape index (κ2) is 8.02. The van der Waals surface area contributed by atoms with E-state index in [0.29, 0.717) is 5.82 Å². The van der Waals surface area contributed by atoms with Crippen molar-refractivity contribution in [2.45, 2.75) is 58.2 Å². The zero-order valence-electron chi connectivity index (χ0n) is 17.3. The van der Waals surface area contributed by atoms with Crippen molar-refractivity contribution in [3.05, 3.63) is 36.2 Å². The molecule has 2 aromatic rings. The molecule has 8 nitrogen and oxygen atoms in total. The lowest BCUT2D eigenvalue weighted by Gasteiger charge is -2.34. The first-order valence-electron chi connectivity index (χ1n) is 10.2. The lowest BCUT2D eigenvalue weighted by Crippen LogP contribution is -2.46. The number of rotatable bonds is 3. The highest BCUT2D eigenvalue weighted by atomic mass is 16.6. The van der Waals surface area contributed by atoms with Gasteiger partial charge in [-0.15, -0.1) is 0 Å². The van der Waals surface area contributed by atoms with E-state index in [1.54, 1.807) is 12.4 Å². The predicted molar refractivity (Wildman–Crippen MR) is 108 cm³/mol. The molecule has 2 aliphatic heterocycles. The van der Waals surface area contributed by atoms with Gasteiger partial charge in [0.2, 0.25) is 0 Å². The quantitative estimate of drug-likeness (QED) is 0.788. The summed E-state index contributed by atoms with van der Waals surface area (Å²) in [7, 11) is 0. The van der Waals surface area contributed by atoms with Crippen LogP contribution >= 0.6 is 0 Å². The van der Waals surface area contributed by atoms with E-state index in [-0.39, 0.29) is 12.1 Å². The van der Waals surface area contributed by atoms with Gasteiger partial charge in [0.05, 0.1) is 11.3 Å². The Bertz CT molecular complexity index is 867. The molecule has 0 N–H and O–H groups in total. The van der Waals surface area contributed by atoms with Crippen LogP contribution in [-0.4, -0.2) is 67.1 Å². The van der Waals surface area contributed by atoms with Crippen molar-refractivity contribution in [2.75, 3.05) is 19.6 Å². The van der Waals surface area contributed by atoms with Crippen molar-refractivity contribution in [2.24, 2.45) is 0 Å². The van der Waals surface area contributed by atoms with Crippen molar-refractivity contribution in [1.82, 2.24) is 29.7 Å². The first kappa shape index (κ1) is 19.7. The van der Waals surface area contributed by atoms with Crippen LogP contribution in [0.25, 0.3) is 11.4 Å². The molecule has 0 spiro atoms. The second-order valence-corrected chi connectivity index (χ2v) is 8.75. The van der Waals surface area contributed by atoms with Gasteiger partial charge in [-0.1, -0.05) is 0 Å². The fourth-order valence-corrected chi connectivity index (χ4v) is 3.97. The van der Waals surface area contributed by atoms with Crippen molar-refractivity contribution in [1.29, 1.82) is 0 Å². The first-order chi connectivity index (χ1) is 13.9. The minimum absolute atomic E-state index is 0.199. The van der Waals surface area contributed by atoms with Gasteiger partial charge < -0.3 is 9.64 Å². The molecule has 154 valence electrons. The summed E-state index contributed by atoms with van der Waals surface area (Å²) in [5.74, 6) is 0.671. The van der Waals surface area contributed by atoms with Crippen molar-refractivity contribution in [3.8, 4) is 11.4 Å². The first-order valence-corrected chi connectivity index (χ1v) is 10.2. The van der Waals surface area contributed by atoms with Crippen molar-refractivity contribution in [3.63, 3.8) is 0 Å². The molecule has 0 aliphatic carbocycles. The summed E-state index contributed by atoms with van der Waals surface area (Å²) >= 11 is 0. The van der Waals surface area contributed by atoms with Gasteiger partial charge in [-0.25, -0.2) is 24.7 Å². The minimum Gasteiger partial charge on any atom is -0.444 e. The molecule has 0 radical (unpaired) electrons. The summed E-state index contributed by atoms with van der Waals surface area (Å²) < 4.78 is 5.59. The number of hydrogen-bond acceptors (Lipinski definition) is 7. The Kier molecular flexibility index (Phi) is 5.45. The highest BCUT2D eigenvalue weighted by Crippen LogP contribution is 2.25. The number of amides is 1. The minimum atomic E-state index is -0.465. The number of hydrogen-bond donors (Lipinski definition) is 0. The molecule has 2 aliphatic rings. The molecule has 2 aromatic heterocycles. The SMILES string of the molecule is CC(C)(C)OC(=O)N1CCCC1CN1CCc2nc(-c3cncnc3)ncc2C1. The number of carbonyl (C=O) groups is 1. The molecule has 1 unspecified atom stereocenters.